The van der Waals surface area contributed by atoms with Gasteiger partial charge in [-0.25, -0.2) is 0 Å². The molecule has 0 saturated heterocycles. The van der Waals surface area contributed by atoms with E-state index in [1.165, 1.54) is 14.2 Å². The third kappa shape index (κ3) is 3.59. The molecule has 0 aliphatic heterocycles. The second-order valence-electron chi connectivity index (χ2n) is 2.78. The normalized spacial score (nSPS) is 9.80. The summed E-state index contributed by atoms with van der Waals surface area (Å²) in [5, 5.41) is 11.6. The van der Waals surface area contributed by atoms with Crippen molar-refractivity contribution in [3.63, 3.8) is 0 Å². The van der Waals surface area contributed by atoms with Crippen LogP contribution in [0.1, 0.15) is 6.42 Å². The molecule has 1 heterocycles. The van der Waals surface area contributed by atoms with Gasteiger partial charge in [0.2, 0.25) is 17.7 Å². The van der Waals surface area contributed by atoms with Gasteiger partial charge in [-0.3, -0.25) is 0 Å². The molecule has 1 aromatic rings. The van der Waals surface area contributed by atoms with Crippen LogP contribution in [0.5, 0.6) is 11.8 Å². The number of anilines is 1. The summed E-state index contributed by atoms with van der Waals surface area (Å²) in [7, 11) is 3.05. The summed E-state index contributed by atoms with van der Waals surface area (Å²) in [6, 6.07) is 1.59. The first-order chi connectivity index (χ1) is 7.30. The van der Waals surface area contributed by atoms with Gasteiger partial charge in [0.15, 0.2) is 0 Å². The van der Waals surface area contributed by atoms with E-state index < -0.39 is 0 Å². The Morgan fingerprint density at radius 3 is 2.33 bits per heavy atom. The molecule has 0 saturated carbocycles. The van der Waals surface area contributed by atoms with Crippen molar-refractivity contribution in [1.82, 2.24) is 9.97 Å². The largest absolute Gasteiger partial charge is 0.481 e. The third-order valence-corrected chi connectivity index (χ3v) is 1.72. The van der Waals surface area contributed by atoms with Crippen LogP contribution in [-0.4, -0.2) is 42.4 Å². The summed E-state index contributed by atoms with van der Waals surface area (Å²) >= 11 is 0. The van der Waals surface area contributed by atoms with Gasteiger partial charge >= 0.3 is 0 Å². The summed E-state index contributed by atoms with van der Waals surface area (Å²) in [5.74, 6) is 1.31. The molecule has 0 aliphatic rings. The van der Waals surface area contributed by atoms with E-state index in [0.717, 1.165) is 0 Å². The fraction of sp³-hybridized carbons (Fsp3) is 0.556. The molecule has 1 aromatic heterocycles. The van der Waals surface area contributed by atoms with Gasteiger partial charge in [-0.05, 0) is 6.42 Å². The molecule has 0 amide bonds. The Bertz CT molecular complexity index is 284. The fourth-order valence-corrected chi connectivity index (χ4v) is 0.971. The van der Waals surface area contributed by atoms with Gasteiger partial charge in [-0.15, -0.1) is 0 Å². The molecular formula is C9H15N3O3. The Morgan fingerprint density at radius 2 is 1.87 bits per heavy atom. The molecule has 2 N–H and O–H groups in total. The number of aliphatic hydroxyl groups is 1. The second-order valence-corrected chi connectivity index (χ2v) is 2.78. The summed E-state index contributed by atoms with van der Waals surface area (Å²) < 4.78 is 9.97. The number of ether oxygens (including phenoxy) is 2. The predicted molar refractivity (Wildman–Crippen MR) is 55.3 cm³/mol. The Hall–Kier alpha value is -1.56. The van der Waals surface area contributed by atoms with Crippen molar-refractivity contribution in [1.29, 1.82) is 0 Å². The van der Waals surface area contributed by atoms with Gasteiger partial charge in [0.05, 0.1) is 20.3 Å². The summed E-state index contributed by atoms with van der Waals surface area (Å²) in [6.45, 7) is 0.737. The van der Waals surface area contributed by atoms with Crippen LogP contribution >= 0.6 is 0 Å². The first kappa shape index (κ1) is 11.5. The van der Waals surface area contributed by atoms with Crippen molar-refractivity contribution in [2.45, 2.75) is 6.42 Å². The molecule has 0 bridgehead atoms. The molecule has 0 spiro atoms. The number of methoxy groups -OCH3 is 2. The van der Waals surface area contributed by atoms with E-state index in [1.54, 1.807) is 6.07 Å². The van der Waals surface area contributed by atoms with E-state index in [-0.39, 0.29) is 6.61 Å². The lowest BCUT2D eigenvalue weighted by Crippen LogP contribution is -2.08. The molecule has 15 heavy (non-hydrogen) atoms. The minimum atomic E-state index is 0.133. The molecule has 1 rings (SSSR count). The van der Waals surface area contributed by atoms with Gasteiger partial charge < -0.3 is 19.9 Å². The number of hydrogen-bond acceptors (Lipinski definition) is 6. The summed E-state index contributed by atoms with van der Waals surface area (Å²) in [6.07, 6.45) is 0.642. The van der Waals surface area contributed by atoms with E-state index in [2.05, 4.69) is 15.3 Å². The molecular weight excluding hydrogens is 198 g/mol. The molecule has 0 aliphatic carbocycles. The molecule has 0 unspecified atom stereocenters. The van der Waals surface area contributed by atoms with Gasteiger partial charge in [0.25, 0.3) is 0 Å². The van der Waals surface area contributed by atoms with Gasteiger partial charge in [0.1, 0.15) is 0 Å². The van der Waals surface area contributed by atoms with E-state index in [9.17, 15) is 0 Å². The quantitative estimate of drug-likeness (QED) is 0.661. The fourth-order valence-electron chi connectivity index (χ4n) is 0.971. The van der Waals surface area contributed by atoms with Crippen LogP contribution in [0, 0.1) is 0 Å². The molecule has 0 fully saturated rings. The number of aromatic nitrogens is 2. The molecule has 0 radical (unpaired) electrons. The highest BCUT2D eigenvalue weighted by molar-refractivity contribution is 5.33. The average molecular weight is 213 g/mol. The molecule has 6 nitrogen and oxygen atoms in total. The third-order valence-electron chi connectivity index (χ3n) is 1.72. The smallest absolute Gasteiger partial charge is 0.229 e. The summed E-state index contributed by atoms with van der Waals surface area (Å²) in [5.41, 5.74) is 0. The molecule has 84 valence electrons. The Labute approximate surface area is 88.3 Å². The Balaban J connectivity index is 2.68. The first-order valence-corrected chi connectivity index (χ1v) is 4.62. The Kier molecular flexibility index (Phi) is 4.62. The Morgan fingerprint density at radius 1 is 1.27 bits per heavy atom. The lowest BCUT2D eigenvalue weighted by atomic mass is 10.4. The first-order valence-electron chi connectivity index (χ1n) is 4.62. The topological polar surface area (TPSA) is 76.5 Å². The van der Waals surface area contributed by atoms with E-state index in [1.807, 2.05) is 0 Å². The summed E-state index contributed by atoms with van der Waals surface area (Å²) in [4.78, 5) is 8.13. The van der Waals surface area contributed by atoms with Crippen molar-refractivity contribution in [3.05, 3.63) is 6.07 Å². The van der Waals surface area contributed by atoms with Crippen molar-refractivity contribution in [3.8, 4) is 11.8 Å². The molecule has 0 aromatic carbocycles. The number of aliphatic hydroxyl groups excluding tert-OH is 1. The van der Waals surface area contributed by atoms with Crippen molar-refractivity contribution >= 4 is 5.95 Å². The number of hydrogen-bond donors (Lipinski definition) is 2. The van der Waals surface area contributed by atoms with Gasteiger partial charge in [-0.1, -0.05) is 0 Å². The highest BCUT2D eigenvalue weighted by Gasteiger charge is 2.03. The maximum Gasteiger partial charge on any atom is 0.229 e. The van der Waals surface area contributed by atoms with Crippen LogP contribution in [-0.2, 0) is 0 Å². The number of nitrogens with one attached hydrogen (secondary N) is 1. The van der Waals surface area contributed by atoms with Crippen LogP contribution in [0.4, 0.5) is 5.95 Å². The van der Waals surface area contributed by atoms with E-state index in [0.29, 0.717) is 30.7 Å². The van der Waals surface area contributed by atoms with E-state index >= 15 is 0 Å². The lowest BCUT2D eigenvalue weighted by Gasteiger charge is -2.07. The van der Waals surface area contributed by atoms with Crippen LogP contribution in [0.2, 0.25) is 0 Å². The minimum absolute atomic E-state index is 0.133. The van der Waals surface area contributed by atoms with Crippen LogP contribution in [0.15, 0.2) is 6.07 Å². The predicted octanol–water partition coefficient (Wildman–Crippen LogP) is 0.288. The van der Waals surface area contributed by atoms with Crippen molar-refractivity contribution < 1.29 is 14.6 Å². The maximum atomic E-state index is 8.62. The lowest BCUT2D eigenvalue weighted by molar-refractivity contribution is 0.292. The van der Waals surface area contributed by atoms with Gasteiger partial charge in [-0.2, -0.15) is 9.97 Å². The molecule has 0 atom stereocenters. The molecule has 6 heteroatoms. The van der Waals surface area contributed by atoms with Crippen molar-refractivity contribution in [2.75, 3.05) is 32.7 Å². The van der Waals surface area contributed by atoms with Gasteiger partial charge in [0, 0.05) is 13.2 Å². The number of nitrogens with zero attached hydrogens (tertiary/aromatic N) is 2. The zero-order valence-electron chi connectivity index (χ0n) is 8.86. The van der Waals surface area contributed by atoms with Crippen LogP contribution < -0.4 is 14.8 Å². The zero-order chi connectivity index (χ0) is 11.1. The second kappa shape index (κ2) is 6.02. The number of rotatable bonds is 6. The SMILES string of the molecule is COc1cc(OC)nc(NCCCO)n1. The average Bonchev–Trinajstić information content (AvgIpc) is 2.29. The highest BCUT2D eigenvalue weighted by Crippen LogP contribution is 2.16. The monoisotopic (exact) mass is 213 g/mol. The minimum Gasteiger partial charge on any atom is -0.481 e. The van der Waals surface area contributed by atoms with E-state index in [4.69, 9.17) is 14.6 Å². The zero-order valence-corrected chi connectivity index (χ0v) is 8.86. The highest BCUT2D eigenvalue weighted by atomic mass is 16.5. The standard InChI is InChI=1S/C9H15N3O3/c1-14-7-6-8(15-2)12-9(11-7)10-4-3-5-13/h6,13H,3-5H2,1-2H3,(H,10,11,12). The maximum absolute atomic E-state index is 8.62. The van der Waals surface area contributed by atoms with Crippen LogP contribution in [0.3, 0.4) is 0 Å². The van der Waals surface area contributed by atoms with Crippen LogP contribution in [0.25, 0.3) is 0 Å². The van der Waals surface area contributed by atoms with Crippen molar-refractivity contribution in [2.24, 2.45) is 0 Å².